The zero-order chi connectivity index (χ0) is 28.5. The third-order valence-electron chi connectivity index (χ3n) is 3.61. The van der Waals surface area contributed by atoms with E-state index in [-0.39, 0.29) is 42.0 Å². The minimum Gasteiger partial charge on any atom is -0.310 e. The average Bonchev–Trinajstić information content (AvgIpc) is 2.85. The van der Waals surface area contributed by atoms with Crippen LogP contribution in [-0.2, 0) is 19.2 Å². The molecule has 0 unspecified atom stereocenters. The van der Waals surface area contributed by atoms with Crippen molar-refractivity contribution in [2.75, 3.05) is 52.4 Å². The summed E-state index contributed by atoms with van der Waals surface area (Å²) in [5, 5.41) is 11.7. The van der Waals surface area contributed by atoms with E-state index < -0.39 is 0 Å². The molecule has 0 aromatic carbocycles. The molecule has 0 spiro atoms. The van der Waals surface area contributed by atoms with Gasteiger partial charge in [0.15, 0.2) is 23.1 Å². The van der Waals surface area contributed by atoms with E-state index in [0.29, 0.717) is 26.2 Å². The molecule has 12 heteroatoms. The number of rotatable bonds is 16. The maximum absolute atomic E-state index is 10.7. The zero-order valence-corrected chi connectivity index (χ0v) is 25.5. The first-order valence-corrected chi connectivity index (χ1v) is 12.7. The van der Waals surface area contributed by atoms with Crippen LogP contribution in [-0.4, -0.2) is 75.5 Å². The summed E-state index contributed by atoms with van der Waals surface area (Å²) in [4.78, 5) is 42.6. The second kappa shape index (κ2) is 52.6. The number of likely N-dealkylation sites (N-methyl/N-ethyl adjacent to an activating group) is 4. The highest BCUT2D eigenvalue weighted by molar-refractivity contribution is 5.92. The van der Waals surface area contributed by atoms with Crippen molar-refractivity contribution in [2.45, 2.75) is 55.4 Å². The second-order valence-electron chi connectivity index (χ2n) is 6.99. The number of hydrogen-bond donors (Lipinski definition) is 4. The first-order chi connectivity index (χ1) is 17.2. The molecule has 0 aliphatic heterocycles. The summed E-state index contributed by atoms with van der Waals surface area (Å²) in [6, 6.07) is 0. The number of nitrogens with one attached hydrogen (secondary N) is 4. The average molecular weight is 589 g/mol. The van der Waals surface area contributed by atoms with Gasteiger partial charge in [0.2, 0.25) is 0 Å². The number of halogens is 4. The zero-order valence-electron chi connectivity index (χ0n) is 25.5. The molecule has 0 heterocycles. The fourth-order valence-corrected chi connectivity index (χ4v) is 1.97. The van der Waals surface area contributed by atoms with Crippen molar-refractivity contribution in [1.82, 2.24) is 21.3 Å². The second-order valence-corrected chi connectivity index (χ2v) is 6.99. The predicted octanol–water partition coefficient (Wildman–Crippen LogP) is 3.57. The summed E-state index contributed by atoms with van der Waals surface area (Å²) in [7, 11) is 0. The van der Waals surface area contributed by atoms with Gasteiger partial charge in [-0.1, -0.05) is 52.0 Å². The molecule has 0 aliphatic carbocycles. The van der Waals surface area contributed by atoms with Crippen molar-refractivity contribution in [1.29, 1.82) is 0 Å². The first-order valence-electron chi connectivity index (χ1n) is 12.7. The molecule has 240 valence electrons. The standard InChI is InChI=1S/4C7H13NO.4FH/c4*1-3-5-7(9)6-8-4-2;;;;/h4*3,5,8H,4,6H2,1-2H3;4*1H/b4*5-3+;;;;. The predicted molar refractivity (Wildman–Crippen MR) is 163 cm³/mol. The fourth-order valence-electron chi connectivity index (χ4n) is 1.97. The van der Waals surface area contributed by atoms with Gasteiger partial charge in [-0.3, -0.25) is 38.0 Å². The number of allylic oxidation sites excluding steroid dienone is 4. The SMILES string of the molecule is C/C=C/C(=O)CNCC.C/C=C/C(=O)CNCC.C/C=C/C(=O)CNCC.C/C=C/C(=O)CNCC.F.F.F.F. The van der Waals surface area contributed by atoms with Crippen LogP contribution in [0.3, 0.4) is 0 Å². The highest BCUT2D eigenvalue weighted by Crippen LogP contribution is 1.75. The molecular weight excluding hydrogens is 532 g/mol. The minimum absolute atomic E-state index is 0. The Kier molecular flexibility index (Phi) is 75.2. The summed E-state index contributed by atoms with van der Waals surface area (Å²) in [5.41, 5.74) is 0. The largest absolute Gasteiger partial charge is 0.310 e. The molecule has 0 bridgehead atoms. The van der Waals surface area contributed by atoms with Crippen molar-refractivity contribution in [3.63, 3.8) is 0 Å². The summed E-state index contributed by atoms with van der Waals surface area (Å²) in [5.74, 6) is 0.553. The molecule has 0 aliphatic rings. The Morgan fingerprint density at radius 3 is 0.650 bits per heavy atom. The van der Waals surface area contributed by atoms with Crippen LogP contribution in [0.1, 0.15) is 55.4 Å². The fraction of sp³-hybridized carbons (Fsp3) is 0.571. The van der Waals surface area contributed by atoms with E-state index in [4.69, 9.17) is 0 Å². The molecule has 0 radical (unpaired) electrons. The van der Waals surface area contributed by atoms with E-state index in [0.717, 1.165) is 26.2 Å². The molecule has 0 aromatic rings. The molecule has 8 nitrogen and oxygen atoms in total. The van der Waals surface area contributed by atoms with Crippen molar-refractivity contribution in [2.24, 2.45) is 0 Å². The normalized spacial score (nSPS) is 9.40. The van der Waals surface area contributed by atoms with Gasteiger partial charge in [0.1, 0.15) is 0 Å². The lowest BCUT2D eigenvalue weighted by Gasteiger charge is -1.93. The van der Waals surface area contributed by atoms with Crippen LogP contribution in [0.5, 0.6) is 0 Å². The Hall–Kier alpha value is -2.80. The Balaban J connectivity index is -0.0000000551. The lowest BCUT2D eigenvalue weighted by Crippen LogP contribution is -2.20. The Bertz CT molecular complexity index is 561. The summed E-state index contributed by atoms with van der Waals surface area (Å²) in [6.07, 6.45) is 13.3. The van der Waals surface area contributed by atoms with Crippen LogP contribution in [0.4, 0.5) is 18.8 Å². The van der Waals surface area contributed by atoms with Gasteiger partial charge in [-0.15, -0.1) is 0 Å². The molecular formula is C28H56F4N4O4. The summed E-state index contributed by atoms with van der Waals surface area (Å²) < 4.78 is 0. The molecule has 0 saturated heterocycles. The topological polar surface area (TPSA) is 116 Å². The van der Waals surface area contributed by atoms with E-state index in [2.05, 4.69) is 21.3 Å². The van der Waals surface area contributed by atoms with Gasteiger partial charge in [0, 0.05) is 0 Å². The van der Waals surface area contributed by atoms with Crippen LogP contribution >= 0.6 is 0 Å². The Morgan fingerprint density at radius 2 is 0.550 bits per heavy atom. The lowest BCUT2D eigenvalue weighted by molar-refractivity contribution is -0.114. The van der Waals surface area contributed by atoms with E-state index in [1.807, 2.05) is 55.4 Å². The van der Waals surface area contributed by atoms with Gasteiger partial charge in [0.25, 0.3) is 0 Å². The highest BCUT2D eigenvalue weighted by atomic mass is 19.0. The number of ketones is 4. The van der Waals surface area contributed by atoms with Gasteiger partial charge in [-0.25, -0.2) is 0 Å². The number of carbonyl (C=O) groups excluding carboxylic acids is 4. The minimum atomic E-state index is 0. The maximum Gasteiger partial charge on any atom is 0.169 e. The van der Waals surface area contributed by atoms with Crippen molar-refractivity contribution in [3.05, 3.63) is 48.6 Å². The summed E-state index contributed by atoms with van der Waals surface area (Å²) in [6.45, 7) is 20.5. The Labute approximate surface area is 239 Å². The lowest BCUT2D eigenvalue weighted by atomic mass is 10.3. The van der Waals surface area contributed by atoms with Crippen LogP contribution in [0.2, 0.25) is 0 Å². The molecule has 0 saturated carbocycles. The monoisotopic (exact) mass is 588 g/mol. The number of hydrogen-bond acceptors (Lipinski definition) is 8. The smallest absolute Gasteiger partial charge is 0.169 e. The quantitative estimate of drug-likeness (QED) is 0.160. The molecule has 0 fully saturated rings. The third kappa shape index (κ3) is 64.8. The van der Waals surface area contributed by atoms with E-state index >= 15 is 0 Å². The van der Waals surface area contributed by atoms with Gasteiger partial charge < -0.3 is 21.3 Å². The molecule has 0 amide bonds. The van der Waals surface area contributed by atoms with E-state index in [1.165, 1.54) is 0 Å². The van der Waals surface area contributed by atoms with Gasteiger partial charge in [0.05, 0.1) is 26.2 Å². The van der Waals surface area contributed by atoms with Gasteiger partial charge in [-0.05, 0) is 78.2 Å². The molecule has 0 aromatic heterocycles. The van der Waals surface area contributed by atoms with Crippen LogP contribution < -0.4 is 21.3 Å². The van der Waals surface area contributed by atoms with Gasteiger partial charge >= 0.3 is 0 Å². The van der Waals surface area contributed by atoms with Crippen LogP contribution in [0, 0.1) is 0 Å². The number of carbonyl (C=O) groups is 4. The molecule has 4 N–H and O–H groups in total. The van der Waals surface area contributed by atoms with Crippen molar-refractivity contribution in [3.8, 4) is 0 Å². The van der Waals surface area contributed by atoms with Crippen LogP contribution in [0.15, 0.2) is 48.6 Å². The Morgan fingerprint density at radius 1 is 0.400 bits per heavy atom. The molecule has 0 rings (SSSR count). The molecule has 40 heavy (non-hydrogen) atoms. The first kappa shape index (κ1) is 57.2. The third-order valence-corrected chi connectivity index (χ3v) is 3.61. The van der Waals surface area contributed by atoms with E-state index in [9.17, 15) is 19.2 Å². The van der Waals surface area contributed by atoms with Crippen LogP contribution in [0.25, 0.3) is 0 Å². The highest BCUT2D eigenvalue weighted by Gasteiger charge is 1.92. The van der Waals surface area contributed by atoms with Crippen molar-refractivity contribution < 1.29 is 38.0 Å². The van der Waals surface area contributed by atoms with E-state index in [1.54, 1.807) is 48.6 Å². The van der Waals surface area contributed by atoms with Crippen molar-refractivity contribution >= 4 is 23.1 Å². The molecule has 0 atom stereocenters. The van der Waals surface area contributed by atoms with Gasteiger partial charge in [-0.2, -0.15) is 0 Å². The maximum atomic E-state index is 10.7. The summed E-state index contributed by atoms with van der Waals surface area (Å²) >= 11 is 0.